The van der Waals surface area contributed by atoms with Crippen LogP contribution in [0.4, 0.5) is 0 Å². The highest BCUT2D eigenvalue weighted by Crippen LogP contribution is 2.35. The van der Waals surface area contributed by atoms with E-state index in [1.54, 1.807) is 14.2 Å². The van der Waals surface area contributed by atoms with Crippen LogP contribution in [0.2, 0.25) is 0 Å². The van der Waals surface area contributed by atoms with Gasteiger partial charge in [-0.2, -0.15) is 0 Å². The lowest BCUT2D eigenvalue weighted by Gasteiger charge is -2.26. The van der Waals surface area contributed by atoms with Crippen molar-refractivity contribution in [3.8, 4) is 22.8 Å². The molecule has 0 radical (unpaired) electrons. The minimum atomic E-state index is -0.0307. The van der Waals surface area contributed by atoms with E-state index < -0.39 is 0 Å². The van der Waals surface area contributed by atoms with E-state index in [1.807, 2.05) is 18.2 Å². The summed E-state index contributed by atoms with van der Waals surface area (Å²) in [5.41, 5.74) is 1.72. The average Bonchev–Trinajstić information content (AvgIpc) is 2.95. The fourth-order valence-electron chi connectivity index (χ4n) is 3.02. The lowest BCUT2D eigenvalue weighted by molar-refractivity contribution is 0.223. The number of piperidine rings is 1. The van der Waals surface area contributed by atoms with Crippen LogP contribution >= 0.6 is 11.3 Å². The van der Waals surface area contributed by atoms with Crippen LogP contribution in [-0.2, 0) is 6.54 Å². The van der Waals surface area contributed by atoms with Crippen molar-refractivity contribution in [3.63, 3.8) is 0 Å². The molecule has 0 aliphatic carbocycles. The summed E-state index contributed by atoms with van der Waals surface area (Å²) in [6.45, 7) is 3.00. The number of likely N-dealkylation sites (tertiary alicyclic amines) is 1. The van der Waals surface area contributed by atoms with Crippen molar-refractivity contribution in [2.45, 2.75) is 25.8 Å². The first-order chi connectivity index (χ1) is 11.2. The molecule has 6 heteroatoms. The summed E-state index contributed by atoms with van der Waals surface area (Å²) >= 11 is 1.29. The fourth-order valence-corrected chi connectivity index (χ4v) is 3.91. The highest BCUT2D eigenvalue weighted by atomic mass is 32.1. The number of aromatic nitrogens is 1. The Kier molecular flexibility index (Phi) is 5.03. The summed E-state index contributed by atoms with van der Waals surface area (Å²) in [5.74, 6) is 1.48. The zero-order chi connectivity index (χ0) is 16.2. The van der Waals surface area contributed by atoms with Gasteiger partial charge in [-0.05, 0) is 44.1 Å². The second-order valence-corrected chi connectivity index (χ2v) is 6.78. The molecule has 3 rings (SSSR count). The highest BCUT2D eigenvalue weighted by Gasteiger charge is 2.19. The molecule has 23 heavy (non-hydrogen) atoms. The smallest absolute Gasteiger partial charge is 0.305 e. The molecule has 1 N–H and O–H groups in total. The minimum absolute atomic E-state index is 0.0307. The maximum absolute atomic E-state index is 12.0. The number of thiazole rings is 1. The van der Waals surface area contributed by atoms with Crippen LogP contribution < -0.4 is 14.3 Å². The number of benzene rings is 1. The maximum atomic E-state index is 12.0. The summed E-state index contributed by atoms with van der Waals surface area (Å²) < 4.78 is 10.8. The third-order valence-electron chi connectivity index (χ3n) is 4.21. The number of ether oxygens (including phenoxy) is 2. The standard InChI is InChI=1S/C17H22N2O3S/c1-21-12-6-7-14(22-2)13(10-12)16-15(23-17(20)18-16)11-19-8-4-3-5-9-19/h6-7,10H,3-5,8-9,11H2,1-2H3,(H,18,20). The molecule has 1 aromatic heterocycles. The Morgan fingerprint density at radius 3 is 2.65 bits per heavy atom. The topological polar surface area (TPSA) is 54.6 Å². The molecule has 0 atom stereocenters. The molecular formula is C17H22N2O3S. The van der Waals surface area contributed by atoms with Gasteiger partial charge in [0.15, 0.2) is 0 Å². The Morgan fingerprint density at radius 1 is 1.17 bits per heavy atom. The second kappa shape index (κ2) is 7.19. The Morgan fingerprint density at radius 2 is 1.96 bits per heavy atom. The molecule has 124 valence electrons. The molecule has 1 aromatic carbocycles. The van der Waals surface area contributed by atoms with Gasteiger partial charge in [-0.15, -0.1) is 0 Å². The van der Waals surface area contributed by atoms with Gasteiger partial charge in [0.2, 0.25) is 0 Å². The molecule has 1 aliphatic rings. The number of hydrogen-bond donors (Lipinski definition) is 1. The predicted octanol–water partition coefficient (Wildman–Crippen LogP) is 3.11. The van der Waals surface area contributed by atoms with Crippen molar-refractivity contribution in [1.29, 1.82) is 0 Å². The summed E-state index contributed by atoms with van der Waals surface area (Å²) in [6.07, 6.45) is 3.77. The monoisotopic (exact) mass is 334 g/mol. The molecule has 0 unspecified atom stereocenters. The van der Waals surface area contributed by atoms with Crippen molar-refractivity contribution < 1.29 is 9.47 Å². The zero-order valence-electron chi connectivity index (χ0n) is 13.6. The Bertz CT molecular complexity index is 717. The van der Waals surface area contributed by atoms with Gasteiger partial charge in [0, 0.05) is 17.0 Å². The van der Waals surface area contributed by atoms with Gasteiger partial charge in [-0.3, -0.25) is 9.69 Å². The number of nitrogens with zero attached hydrogens (tertiary/aromatic N) is 1. The van der Waals surface area contributed by atoms with E-state index in [4.69, 9.17) is 9.47 Å². The third-order valence-corrected chi connectivity index (χ3v) is 5.08. The lowest BCUT2D eigenvalue weighted by atomic mass is 10.1. The second-order valence-electron chi connectivity index (χ2n) is 5.72. The van der Waals surface area contributed by atoms with E-state index >= 15 is 0 Å². The van der Waals surface area contributed by atoms with Gasteiger partial charge < -0.3 is 14.5 Å². The van der Waals surface area contributed by atoms with Crippen LogP contribution in [-0.4, -0.2) is 37.2 Å². The first-order valence-corrected chi connectivity index (χ1v) is 8.69. The molecule has 2 aromatic rings. The SMILES string of the molecule is COc1ccc(OC)c(-c2[nH]c(=O)sc2CN2CCCCC2)c1. The van der Waals surface area contributed by atoms with E-state index in [0.717, 1.165) is 47.3 Å². The molecular weight excluding hydrogens is 312 g/mol. The summed E-state index contributed by atoms with van der Waals surface area (Å²) in [6, 6.07) is 5.64. The zero-order valence-corrected chi connectivity index (χ0v) is 14.4. The normalized spacial score (nSPS) is 15.6. The van der Waals surface area contributed by atoms with Gasteiger partial charge in [0.25, 0.3) is 0 Å². The largest absolute Gasteiger partial charge is 0.497 e. The maximum Gasteiger partial charge on any atom is 0.305 e. The number of hydrogen-bond acceptors (Lipinski definition) is 5. The minimum Gasteiger partial charge on any atom is -0.497 e. The van der Waals surface area contributed by atoms with Gasteiger partial charge >= 0.3 is 4.87 Å². The van der Waals surface area contributed by atoms with Crippen molar-refractivity contribution in [2.75, 3.05) is 27.3 Å². The molecule has 1 aliphatic heterocycles. The average molecular weight is 334 g/mol. The van der Waals surface area contributed by atoms with Crippen molar-refractivity contribution in [1.82, 2.24) is 9.88 Å². The van der Waals surface area contributed by atoms with Gasteiger partial charge in [0.1, 0.15) is 11.5 Å². The lowest BCUT2D eigenvalue weighted by Crippen LogP contribution is -2.28. The molecule has 1 fully saturated rings. The molecule has 2 heterocycles. The predicted molar refractivity (Wildman–Crippen MR) is 92.6 cm³/mol. The van der Waals surface area contributed by atoms with Crippen LogP contribution in [0.5, 0.6) is 11.5 Å². The number of aromatic amines is 1. The third kappa shape index (κ3) is 3.59. The van der Waals surface area contributed by atoms with Crippen LogP contribution in [0, 0.1) is 0 Å². The number of nitrogens with one attached hydrogen (secondary N) is 1. The van der Waals surface area contributed by atoms with Crippen molar-refractivity contribution >= 4 is 11.3 Å². The van der Waals surface area contributed by atoms with Gasteiger partial charge in [0.05, 0.1) is 19.9 Å². The number of methoxy groups -OCH3 is 2. The first-order valence-electron chi connectivity index (χ1n) is 7.88. The van der Waals surface area contributed by atoms with Crippen molar-refractivity contribution in [3.05, 3.63) is 32.7 Å². The summed E-state index contributed by atoms with van der Waals surface area (Å²) in [4.78, 5) is 18.4. The Labute approximate surface area is 139 Å². The molecule has 0 amide bonds. The fraction of sp³-hybridized carbons (Fsp3) is 0.471. The Balaban J connectivity index is 1.97. The number of H-pyrrole nitrogens is 1. The van der Waals surface area contributed by atoms with Crippen molar-refractivity contribution in [2.24, 2.45) is 0 Å². The van der Waals surface area contributed by atoms with Crippen LogP contribution in [0.25, 0.3) is 11.3 Å². The van der Waals surface area contributed by atoms with E-state index in [9.17, 15) is 4.79 Å². The van der Waals surface area contributed by atoms with Gasteiger partial charge in [-0.1, -0.05) is 17.8 Å². The first kappa shape index (κ1) is 16.1. The Hall–Kier alpha value is -1.79. The van der Waals surface area contributed by atoms with Gasteiger partial charge in [-0.25, -0.2) is 0 Å². The van der Waals surface area contributed by atoms with E-state index in [1.165, 1.54) is 30.6 Å². The van der Waals surface area contributed by atoms with E-state index in [-0.39, 0.29) is 4.87 Å². The van der Waals surface area contributed by atoms with Crippen LogP contribution in [0.1, 0.15) is 24.1 Å². The molecule has 1 saturated heterocycles. The quantitative estimate of drug-likeness (QED) is 0.913. The molecule has 0 saturated carbocycles. The van der Waals surface area contributed by atoms with Crippen LogP contribution in [0.3, 0.4) is 0 Å². The van der Waals surface area contributed by atoms with E-state index in [2.05, 4.69) is 9.88 Å². The van der Waals surface area contributed by atoms with Crippen LogP contribution in [0.15, 0.2) is 23.0 Å². The molecule has 0 bridgehead atoms. The summed E-state index contributed by atoms with van der Waals surface area (Å²) in [5, 5.41) is 0. The summed E-state index contributed by atoms with van der Waals surface area (Å²) in [7, 11) is 3.27. The molecule has 0 spiro atoms. The molecule has 5 nitrogen and oxygen atoms in total. The number of rotatable bonds is 5. The highest BCUT2D eigenvalue weighted by molar-refractivity contribution is 7.09. The van der Waals surface area contributed by atoms with E-state index in [0.29, 0.717) is 0 Å².